The maximum absolute atomic E-state index is 12.6. The molecule has 2 heterocycles. The SMILES string of the molecule is CCCCNC(=O)CSc1nc2sc3c(c2c(=O)n1C)CCC3. The van der Waals surface area contributed by atoms with Crippen LogP contribution in [0.4, 0.5) is 0 Å². The molecule has 0 aliphatic heterocycles. The molecule has 23 heavy (non-hydrogen) atoms. The zero-order chi connectivity index (χ0) is 16.4. The van der Waals surface area contributed by atoms with E-state index in [1.165, 1.54) is 22.2 Å². The molecule has 0 radical (unpaired) electrons. The summed E-state index contributed by atoms with van der Waals surface area (Å²) in [5.74, 6) is 0.284. The summed E-state index contributed by atoms with van der Waals surface area (Å²) < 4.78 is 1.58. The molecular weight excluding hydrogens is 330 g/mol. The summed E-state index contributed by atoms with van der Waals surface area (Å²) in [6.07, 6.45) is 5.22. The van der Waals surface area contributed by atoms with Gasteiger partial charge in [-0.3, -0.25) is 14.2 Å². The average molecular weight is 351 g/mol. The van der Waals surface area contributed by atoms with Crippen LogP contribution in [0.1, 0.15) is 36.6 Å². The number of aromatic nitrogens is 2. The molecule has 2 aromatic heterocycles. The second kappa shape index (κ2) is 7.05. The summed E-state index contributed by atoms with van der Waals surface area (Å²) in [5, 5.41) is 4.30. The number of hydrogen-bond acceptors (Lipinski definition) is 5. The van der Waals surface area contributed by atoms with Crippen molar-refractivity contribution in [2.24, 2.45) is 7.05 Å². The maximum atomic E-state index is 12.6. The molecule has 7 heteroatoms. The molecule has 2 aromatic rings. The van der Waals surface area contributed by atoms with E-state index in [9.17, 15) is 9.59 Å². The Labute approximate surface area is 143 Å². The van der Waals surface area contributed by atoms with Crippen molar-refractivity contribution in [2.75, 3.05) is 12.3 Å². The number of carbonyl (C=O) groups excluding carboxylic acids is 1. The van der Waals surface area contributed by atoms with Crippen molar-refractivity contribution < 1.29 is 4.79 Å². The highest BCUT2D eigenvalue weighted by atomic mass is 32.2. The van der Waals surface area contributed by atoms with Gasteiger partial charge in [-0.25, -0.2) is 4.98 Å². The maximum Gasteiger partial charge on any atom is 0.262 e. The zero-order valence-corrected chi connectivity index (χ0v) is 15.1. The molecule has 1 aliphatic carbocycles. The molecule has 0 bridgehead atoms. The number of carbonyl (C=O) groups is 1. The first kappa shape index (κ1) is 16.5. The molecule has 0 spiro atoms. The Morgan fingerprint density at radius 3 is 3.04 bits per heavy atom. The van der Waals surface area contributed by atoms with Crippen molar-refractivity contribution in [3.63, 3.8) is 0 Å². The van der Waals surface area contributed by atoms with Gasteiger partial charge in [-0.05, 0) is 31.2 Å². The molecule has 124 valence electrons. The van der Waals surface area contributed by atoms with E-state index in [-0.39, 0.29) is 11.5 Å². The number of fused-ring (bicyclic) bond motifs is 3. The molecule has 0 saturated heterocycles. The summed E-state index contributed by atoms with van der Waals surface area (Å²) >= 11 is 2.97. The summed E-state index contributed by atoms with van der Waals surface area (Å²) in [6.45, 7) is 2.80. The summed E-state index contributed by atoms with van der Waals surface area (Å²) in [6, 6.07) is 0. The normalized spacial score (nSPS) is 13.5. The van der Waals surface area contributed by atoms with Crippen LogP contribution in [-0.4, -0.2) is 27.8 Å². The van der Waals surface area contributed by atoms with E-state index < -0.39 is 0 Å². The number of thiophene rings is 1. The average Bonchev–Trinajstić information content (AvgIpc) is 3.10. The van der Waals surface area contributed by atoms with Crippen LogP contribution in [0.25, 0.3) is 10.2 Å². The molecule has 0 unspecified atom stereocenters. The van der Waals surface area contributed by atoms with Crippen molar-refractivity contribution in [3.8, 4) is 0 Å². The van der Waals surface area contributed by atoms with Gasteiger partial charge >= 0.3 is 0 Å². The van der Waals surface area contributed by atoms with Crippen LogP contribution < -0.4 is 10.9 Å². The molecule has 3 rings (SSSR count). The smallest absolute Gasteiger partial charge is 0.262 e. The minimum Gasteiger partial charge on any atom is -0.355 e. The molecule has 0 fully saturated rings. The Kier molecular flexibility index (Phi) is 5.06. The van der Waals surface area contributed by atoms with Gasteiger partial charge in [0.25, 0.3) is 5.56 Å². The van der Waals surface area contributed by atoms with Gasteiger partial charge in [0.15, 0.2) is 5.16 Å². The fraction of sp³-hybridized carbons (Fsp3) is 0.562. The van der Waals surface area contributed by atoms with E-state index in [1.807, 2.05) is 0 Å². The number of thioether (sulfide) groups is 1. The molecule has 0 atom stereocenters. The topological polar surface area (TPSA) is 64.0 Å². The lowest BCUT2D eigenvalue weighted by Crippen LogP contribution is -2.27. The van der Waals surface area contributed by atoms with Crippen molar-refractivity contribution >= 4 is 39.2 Å². The summed E-state index contributed by atoms with van der Waals surface area (Å²) in [7, 11) is 1.74. The largest absolute Gasteiger partial charge is 0.355 e. The number of unbranched alkanes of at least 4 members (excludes halogenated alkanes) is 1. The quantitative estimate of drug-likeness (QED) is 0.493. The molecule has 0 saturated carbocycles. The van der Waals surface area contributed by atoms with Gasteiger partial charge in [0.05, 0.1) is 11.1 Å². The third-order valence-corrected chi connectivity index (χ3v) is 6.31. The molecule has 1 N–H and O–H groups in total. The second-order valence-electron chi connectivity index (χ2n) is 5.79. The van der Waals surface area contributed by atoms with Crippen molar-refractivity contribution in [3.05, 3.63) is 20.8 Å². The van der Waals surface area contributed by atoms with E-state index in [4.69, 9.17) is 0 Å². The number of rotatable bonds is 6. The van der Waals surface area contributed by atoms with Crippen LogP contribution in [0.3, 0.4) is 0 Å². The first-order valence-corrected chi connectivity index (χ1v) is 9.82. The molecule has 1 amide bonds. The van der Waals surface area contributed by atoms with E-state index >= 15 is 0 Å². The van der Waals surface area contributed by atoms with Crippen LogP contribution in [0.5, 0.6) is 0 Å². The number of nitrogens with one attached hydrogen (secondary N) is 1. The fourth-order valence-corrected chi connectivity index (χ4v) is 4.92. The van der Waals surface area contributed by atoms with Gasteiger partial charge in [-0.1, -0.05) is 25.1 Å². The number of hydrogen-bond donors (Lipinski definition) is 1. The summed E-state index contributed by atoms with van der Waals surface area (Å²) in [4.78, 5) is 31.2. The van der Waals surface area contributed by atoms with Crippen molar-refractivity contribution in [1.29, 1.82) is 0 Å². The van der Waals surface area contributed by atoms with Crippen LogP contribution in [0.2, 0.25) is 0 Å². The highest BCUT2D eigenvalue weighted by molar-refractivity contribution is 7.99. The van der Waals surface area contributed by atoms with Gasteiger partial charge in [0.2, 0.25) is 5.91 Å². The molecule has 0 aromatic carbocycles. The first-order valence-electron chi connectivity index (χ1n) is 8.02. The van der Waals surface area contributed by atoms with Gasteiger partial charge in [-0.15, -0.1) is 11.3 Å². The Morgan fingerprint density at radius 2 is 2.26 bits per heavy atom. The highest BCUT2D eigenvalue weighted by Gasteiger charge is 2.22. The predicted molar refractivity (Wildman–Crippen MR) is 95.5 cm³/mol. The minimum atomic E-state index is -0.00790. The van der Waals surface area contributed by atoms with Crippen LogP contribution in [-0.2, 0) is 24.7 Å². The van der Waals surface area contributed by atoms with Crippen molar-refractivity contribution in [1.82, 2.24) is 14.9 Å². The van der Waals surface area contributed by atoms with E-state index in [0.717, 1.165) is 42.3 Å². The molecule has 5 nitrogen and oxygen atoms in total. The van der Waals surface area contributed by atoms with E-state index in [1.54, 1.807) is 23.0 Å². The lowest BCUT2D eigenvalue weighted by atomic mass is 10.2. The number of nitrogens with zero attached hydrogens (tertiary/aromatic N) is 2. The Bertz CT molecular complexity index is 795. The van der Waals surface area contributed by atoms with Gasteiger partial charge in [0.1, 0.15) is 4.83 Å². The van der Waals surface area contributed by atoms with Gasteiger partial charge < -0.3 is 5.32 Å². The first-order chi connectivity index (χ1) is 11.1. The zero-order valence-electron chi connectivity index (χ0n) is 13.5. The van der Waals surface area contributed by atoms with Crippen LogP contribution in [0.15, 0.2) is 9.95 Å². The van der Waals surface area contributed by atoms with Gasteiger partial charge in [-0.2, -0.15) is 0 Å². The van der Waals surface area contributed by atoms with Crippen LogP contribution in [0, 0.1) is 0 Å². The van der Waals surface area contributed by atoms with Crippen LogP contribution >= 0.6 is 23.1 Å². The standard InChI is InChI=1S/C16H21N3O2S2/c1-3-4-8-17-12(20)9-22-16-18-14-13(15(21)19(16)2)10-6-5-7-11(10)23-14/h3-9H2,1-2H3,(H,17,20). The van der Waals surface area contributed by atoms with E-state index in [2.05, 4.69) is 17.2 Å². The Hall–Kier alpha value is -1.34. The lowest BCUT2D eigenvalue weighted by Gasteiger charge is -2.08. The molecule has 1 aliphatic rings. The third-order valence-electron chi connectivity index (χ3n) is 4.09. The fourth-order valence-electron chi connectivity index (χ4n) is 2.82. The van der Waals surface area contributed by atoms with E-state index in [0.29, 0.717) is 17.5 Å². The summed E-state index contributed by atoms with van der Waals surface area (Å²) in [5.41, 5.74) is 1.22. The monoisotopic (exact) mass is 351 g/mol. The lowest BCUT2D eigenvalue weighted by molar-refractivity contribution is -0.118. The Balaban J connectivity index is 1.78. The molecular formula is C16H21N3O2S2. The highest BCUT2D eigenvalue weighted by Crippen LogP contribution is 2.35. The number of amides is 1. The number of aryl methyl sites for hydroxylation is 2. The minimum absolute atomic E-state index is 0.00790. The third kappa shape index (κ3) is 3.30. The van der Waals surface area contributed by atoms with Gasteiger partial charge in [0, 0.05) is 18.5 Å². The Morgan fingerprint density at radius 1 is 1.43 bits per heavy atom. The predicted octanol–water partition coefficient (Wildman–Crippen LogP) is 2.49. The second-order valence-corrected chi connectivity index (χ2v) is 7.81. The van der Waals surface area contributed by atoms with Crippen molar-refractivity contribution in [2.45, 2.75) is 44.2 Å².